The molecule has 3 aliphatic heterocycles. The number of methoxy groups -OCH3 is 1. The van der Waals surface area contributed by atoms with Crippen LogP contribution in [0.5, 0.6) is 0 Å². The first kappa shape index (κ1) is 20.7. The lowest BCUT2D eigenvalue weighted by molar-refractivity contribution is -0.226. The van der Waals surface area contributed by atoms with Crippen molar-refractivity contribution in [3.8, 4) is 0 Å². The SMILES string of the molecule is COC(=O)c1ccccc1N1C(=O)[C@H]2[C@H]3C=C[C@@](C(OC(C)=O)OC(C)=O)(O3)[C@H]2C1=O. The van der Waals surface area contributed by atoms with E-state index in [0.717, 1.165) is 18.7 Å². The maximum atomic E-state index is 13.5. The summed E-state index contributed by atoms with van der Waals surface area (Å²) in [5, 5.41) is 0. The van der Waals surface area contributed by atoms with Crippen molar-refractivity contribution < 1.29 is 42.9 Å². The minimum Gasteiger partial charge on any atom is -0.465 e. The number of para-hydroxylation sites is 1. The molecule has 2 saturated heterocycles. The number of esters is 3. The van der Waals surface area contributed by atoms with Crippen molar-refractivity contribution in [2.75, 3.05) is 12.0 Å². The Hall–Kier alpha value is -3.53. The second-order valence-corrected chi connectivity index (χ2v) is 7.37. The van der Waals surface area contributed by atoms with Crippen molar-refractivity contribution >= 4 is 35.4 Å². The number of nitrogens with zero attached hydrogens (tertiary/aromatic N) is 1. The Labute approximate surface area is 176 Å². The van der Waals surface area contributed by atoms with E-state index in [1.807, 2.05) is 0 Å². The second-order valence-electron chi connectivity index (χ2n) is 7.37. The van der Waals surface area contributed by atoms with Gasteiger partial charge in [0.05, 0.1) is 36.3 Å². The van der Waals surface area contributed by atoms with Gasteiger partial charge in [0.2, 0.25) is 11.8 Å². The van der Waals surface area contributed by atoms with Gasteiger partial charge in [0.25, 0.3) is 6.29 Å². The highest BCUT2D eigenvalue weighted by Crippen LogP contribution is 2.55. The Bertz CT molecular complexity index is 1020. The van der Waals surface area contributed by atoms with Gasteiger partial charge < -0.3 is 18.9 Å². The number of imide groups is 1. The number of fused-ring (bicyclic) bond motifs is 5. The fourth-order valence-electron chi connectivity index (χ4n) is 4.41. The Kier molecular flexibility index (Phi) is 4.89. The lowest BCUT2D eigenvalue weighted by Gasteiger charge is -2.34. The topological polar surface area (TPSA) is 126 Å². The molecule has 2 fully saturated rings. The van der Waals surface area contributed by atoms with Gasteiger partial charge in [-0.25, -0.2) is 9.69 Å². The summed E-state index contributed by atoms with van der Waals surface area (Å²) >= 11 is 0. The molecule has 31 heavy (non-hydrogen) atoms. The van der Waals surface area contributed by atoms with Crippen LogP contribution >= 0.6 is 0 Å². The molecule has 0 unspecified atom stereocenters. The molecular formula is C21H19NO9. The van der Waals surface area contributed by atoms with Crippen LogP contribution in [0.4, 0.5) is 5.69 Å². The van der Waals surface area contributed by atoms with Crippen LogP contribution in [-0.4, -0.2) is 54.8 Å². The molecule has 0 aromatic heterocycles. The van der Waals surface area contributed by atoms with Crippen molar-refractivity contribution in [1.82, 2.24) is 0 Å². The summed E-state index contributed by atoms with van der Waals surface area (Å²) in [5.41, 5.74) is -1.54. The highest BCUT2D eigenvalue weighted by atomic mass is 16.7. The molecule has 4 rings (SSSR count). The maximum absolute atomic E-state index is 13.5. The molecule has 1 aromatic rings. The quantitative estimate of drug-likeness (QED) is 0.288. The number of anilines is 1. The molecule has 0 N–H and O–H groups in total. The third-order valence-corrected chi connectivity index (χ3v) is 5.54. The predicted molar refractivity (Wildman–Crippen MR) is 101 cm³/mol. The molecule has 162 valence electrons. The summed E-state index contributed by atoms with van der Waals surface area (Å²) in [6.07, 6.45) is 0.704. The van der Waals surface area contributed by atoms with Gasteiger partial charge in [-0.3, -0.25) is 19.2 Å². The first-order valence-electron chi connectivity index (χ1n) is 9.48. The zero-order chi connectivity index (χ0) is 22.5. The number of ether oxygens (including phenoxy) is 4. The number of hydrogen-bond acceptors (Lipinski definition) is 9. The molecule has 3 heterocycles. The van der Waals surface area contributed by atoms with Gasteiger partial charge in [-0.2, -0.15) is 0 Å². The summed E-state index contributed by atoms with van der Waals surface area (Å²) in [6.45, 7) is 2.24. The fraction of sp³-hybridized carbons (Fsp3) is 0.381. The van der Waals surface area contributed by atoms with Gasteiger partial charge >= 0.3 is 17.9 Å². The third kappa shape index (κ3) is 3.02. The first-order chi connectivity index (χ1) is 14.7. The van der Waals surface area contributed by atoms with E-state index in [2.05, 4.69) is 0 Å². The van der Waals surface area contributed by atoms with Crippen LogP contribution in [0.3, 0.4) is 0 Å². The van der Waals surface area contributed by atoms with Crippen molar-refractivity contribution in [1.29, 1.82) is 0 Å². The lowest BCUT2D eigenvalue weighted by atomic mass is 9.76. The second kappa shape index (κ2) is 7.31. The molecule has 2 amide bonds. The molecule has 4 atom stereocenters. The standard InChI is InChI=1S/C21H19NO9/c1-10(23)29-20(30-11(2)24)21-9-8-14(31-21)15-16(21)18(26)22(17(15)25)13-7-5-4-6-12(13)19(27)28-3/h4-9,14-16,20H,1-3H3/t14-,15+,16-,21-/m1/s1. The minimum atomic E-state index is -1.66. The Morgan fingerprint density at radius 2 is 1.71 bits per heavy atom. The van der Waals surface area contributed by atoms with E-state index in [4.69, 9.17) is 18.9 Å². The van der Waals surface area contributed by atoms with E-state index in [1.54, 1.807) is 18.2 Å². The van der Waals surface area contributed by atoms with E-state index in [9.17, 15) is 24.0 Å². The predicted octanol–water partition coefficient (Wildman–Crippen LogP) is 0.738. The van der Waals surface area contributed by atoms with E-state index >= 15 is 0 Å². The van der Waals surface area contributed by atoms with Crippen LogP contribution < -0.4 is 4.90 Å². The van der Waals surface area contributed by atoms with Crippen molar-refractivity contribution in [2.45, 2.75) is 31.8 Å². The number of benzene rings is 1. The van der Waals surface area contributed by atoms with Crippen LogP contribution in [0.1, 0.15) is 24.2 Å². The van der Waals surface area contributed by atoms with Gasteiger partial charge in [-0.05, 0) is 18.2 Å². The zero-order valence-corrected chi connectivity index (χ0v) is 16.9. The van der Waals surface area contributed by atoms with Gasteiger partial charge in [-0.1, -0.05) is 18.2 Å². The van der Waals surface area contributed by atoms with Crippen LogP contribution in [-0.2, 0) is 38.1 Å². The number of carbonyl (C=O) groups is 5. The Morgan fingerprint density at radius 3 is 2.32 bits per heavy atom. The Balaban J connectivity index is 1.77. The van der Waals surface area contributed by atoms with E-state index in [1.165, 1.54) is 25.3 Å². The van der Waals surface area contributed by atoms with Crippen LogP contribution in [0.2, 0.25) is 0 Å². The third-order valence-electron chi connectivity index (χ3n) is 5.54. The van der Waals surface area contributed by atoms with Gasteiger partial charge in [0, 0.05) is 13.8 Å². The van der Waals surface area contributed by atoms with E-state index < -0.39 is 59.6 Å². The lowest BCUT2D eigenvalue weighted by Crippen LogP contribution is -2.52. The first-order valence-corrected chi connectivity index (χ1v) is 9.48. The fourth-order valence-corrected chi connectivity index (χ4v) is 4.41. The number of rotatable bonds is 5. The van der Waals surface area contributed by atoms with Gasteiger partial charge in [0.15, 0.2) is 5.60 Å². The highest BCUT2D eigenvalue weighted by molar-refractivity contribution is 6.25. The van der Waals surface area contributed by atoms with E-state index in [0.29, 0.717) is 0 Å². The smallest absolute Gasteiger partial charge is 0.339 e. The highest BCUT2D eigenvalue weighted by Gasteiger charge is 2.72. The molecule has 0 radical (unpaired) electrons. The average molecular weight is 429 g/mol. The molecular weight excluding hydrogens is 410 g/mol. The molecule has 2 bridgehead atoms. The summed E-state index contributed by atoms with van der Waals surface area (Å²) in [4.78, 5) is 63.1. The summed E-state index contributed by atoms with van der Waals surface area (Å²) in [7, 11) is 1.19. The van der Waals surface area contributed by atoms with Crippen LogP contribution in [0.15, 0.2) is 36.4 Å². The number of hydrogen-bond donors (Lipinski definition) is 0. The van der Waals surface area contributed by atoms with Gasteiger partial charge in [0.1, 0.15) is 0 Å². The van der Waals surface area contributed by atoms with E-state index in [-0.39, 0.29) is 11.3 Å². The van der Waals surface area contributed by atoms with Crippen molar-refractivity contribution in [3.63, 3.8) is 0 Å². The molecule has 0 saturated carbocycles. The van der Waals surface area contributed by atoms with Crippen molar-refractivity contribution in [3.05, 3.63) is 42.0 Å². The largest absolute Gasteiger partial charge is 0.465 e. The summed E-state index contributed by atoms with van der Waals surface area (Å²) in [6, 6.07) is 6.06. The molecule has 10 heteroatoms. The van der Waals surface area contributed by atoms with Crippen LogP contribution in [0.25, 0.3) is 0 Å². The number of amides is 2. The number of carbonyl (C=O) groups excluding carboxylic acids is 5. The molecule has 0 aliphatic carbocycles. The molecule has 10 nitrogen and oxygen atoms in total. The normalized spacial score (nSPS) is 28.1. The molecule has 1 aromatic carbocycles. The monoisotopic (exact) mass is 429 g/mol. The summed E-state index contributed by atoms with van der Waals surface area (Å²) < 4.78 is 21.0. The minimum absolute atomic E-state index is 0.0402. The zero-order valence-electron chi connectivity index (χ0n) is 16.9. The molecule has 3 aliphatic rings. The van der Waals surface area contributed by atoms with Crippen LogP contribution in [0, 0.1) is 11.8 Å². The average Bonchev–Trinajstić information content (AvgIpc) is 3.37. The van der Waals surface area contributed by atoms with Gasteiger partial charge in [-0.15, -0.1) is 0 Å². The van der Waals surface area contributed by atoms with Crippen molar-refractivity contribution in [2.24, 2.45) is 11.8 Å². The molecule has 0 spiro atoms. The Morgan fingerprint density at radius 1 is 1.06 bits per heavy atom. The maximum Gasteiger partial charge on any atom is 0.339 e. The summed E-state index contributed by atoms with van der Waals surface area (Å²) in [5.74, 6) is -5.52.